The van der Waals surface area contributed by atoms with Gasteiger partial charge in [-0.1, -0.05) is 12.1 Å². The number of halogens is 1. The normalized spacial score (nSPS) is 28.1. The van der Waals surface area contributed by atoms with Crippen LogP contribution in [0.15, 0.2) is 18.2 Å². The van der Waals surface area contributed by atoms with Gasteiger partial charge in [0.2, 0.25) is 0 Å². The molecule has 2 atom stereocenters. The lowest BCUT2D eigenvalue weighted by Gasteiger charge is -2.26. The van der Waals surface area contributed by atoms with Crippen molar-refractivity contribution in [2.24, 2.45) is 5.92 Å². The van der Waals surface area contributed by atoms with Gasteiger partial charge in [-0.05, 0) is 31.7 Å². The van der Waals surface area contributed by atoms with E-state index in [1.807, 2.05) is 17.8 Å². The summed E-state index contributed by atoms with van der Waals surface area (Å²) in [5.74, 6) is -0.315. The van der Waals surface area contributed by atoms with Gasteiger partial charge in [-0.15, -0.1) is 0 Å². The minimum atomic E-state index is -0.439. The third kappa shape index (κ3) is 2.60. The van der Waals surface area contributed by atoms with Crippen LogP contribution in [0.5, 0.6) is 0 Å². The lowest BCUT2D eigenvalue weighted by molar-refractivity contribution is 0.0906. The summed E-state index contributed by atoms with van der Waals surface area (Å²) in [4.78, 5) is 12.5. The average Bonchev–Trinajstić information content (AvgIpc) is 2.79. The van der Waals surface area contributed by atoms with E-state index < -0.39 is 5.82 Å². The van der Waals surface area contributed by atoms with Gasteiger partial charge >= 0.3 is 0 Å². The molecule has 0 spiro atoms. The second-order valence-corrected chi connectivity index (χ2v) is 7.24. The molecule has 0 aliphatic carbocycles. The number of carbonyl (C=O) groups is 1. The molecule has 2 aliphatic heterocycles. The molecule has 0 aromatic heterocycles. The van der Waals surface area contributed by atoms with E-state index in [-0.39, 0.29) is 18.1 Å². The Morgan fingerprint density at radius 1 is 1.35 bits per heavy atom. The molecule has 4 heteroatoms. The Kier molecular flexibility index (Phi) is 3.80. The van der Waals surface area contributed by atoms with Crippen molar-refractivity contribution in [3.05, 3.63) is 35.1 Å². The molecule has 2 nitrogen and oxygen atoms in total. The SMILES string of the molecule is N#CCc1ccc(C(=O)C2CC3CCC(C2)S3)cc1F. The van der Waals surface area contributed by atoms with Crippen molar-refractivity contribution in [1.82, 2.24) is 0 Å². The summed E-state index contributed by atoms with van der Waals surface area (Å²) in [6, 6.07) is 6.47. The van der Waals surface area contributed by atoms with Crippen LogP contribution in [0, 0.1) is 23.1 Å². The Hall–Kier alpha value is -1.34. The molecule has 0 amide bonds. The summed E-state index contributed by atoms with van der Waals surface area (Å²) in [6.45, 7) is 0. The standard InChI is InChI=1S/C16H16FNOS/c17-15-9-11(2-1-10(15)5-6-18)16(19)12-7-13-3-4-14(8-12)20-13/h1-2,9,12-14H,3-5,7-8H2. The molecule has 2 aliphatic rings. The molecule has 3 rings (SSSR count). The van der Waals surface area contributed by atoms with E-state index in [9.17, 15) is 9.18 Å². The van der Waals surface area contributed by atoms with Crippen LogP contribution in [0.2, 0.25) is 0 Å². The zero-order chi connectivity index (χ0) is 14.1. The molecule has 2 saturated heterocycles. The fourth-order valence-corrected chi connectivity index (χ4v) is 5.01. The van der Waals surface area contributed by atoms with E-state index in [2.05, 4.69) is 0 Å². The maximum atomic E-state index is 13.8. The zero-order valence-corrected chi connectivity index (χ0v) is 12.0. The summed E-state index contributed by atoms with van der Waals surface area (Å²) >= 11 is 2.02. The van der Waals surface area contributed by atoms with E-state index in [1.165, 1.54) is 18.9 Å². The largest absolute Gasteiger partial charge is 0.294 e. The Labute approximate surface area is 122 Å². The summed E-state index contributed by atoms with van der Waals surface area (Å²) < 4.78 is 13.8. The summed E-state index contributed by atoms with van der Waals surface area (Å²) in [7, 11) is 0. The zero-order valence-electron chi connectivity index (χ0n) is 11.1. The second kappa shape index (κ2) is 5.57. The van der Waals surface area contributed by atoms with Crippen LogP contribution in [-0.4, -0.2) is 16.3 Å². The third-order valence-electron chi connectivity index (χ3n) is 4.27. The van der Waals surface area contributed by atoms with Gasteiger partial charge in [0.15, 0.2) is 5.78 Å². The van der Waals surface area contributed by atoms with Crippen molar-refractivity contribution >= 4 is 17.5 Å². The maximum Gasteiger partial charge on any atom is 0.166 e. The van der Waals surface area contributed by atoms with Crippen molar-refractivity contribution in [1.29, 1.82) is 5.26 Å². The van der Waals surface area contributed by atoms with E-state index in [1.54, 1.807) is 12.1 Å². The lowest BCUT2D eigenvalue weighted by atomic mass is 9.90. The first kappa shape index (κ1) is 13.6. The average molecular weight is 289 g/mol. The number of rotatable bonds is 3. The number of thioether (sulfide) groups is 1. The number of fused-ring (bicyclic) bond motifs is 2. The molecule has 0 saturated carbocycles. The summed E-state index contributed by atoms with van der Waals surface area (Å²) in [6.07, 6.45) is 4.34. The lowest BCUT2D eigenvalue weighted by Crippen LogP contribution is -2.24. The topological polar surface area (TPSA) is 40.9 Å². The number of nitriles is 1. The second-order valence-electron chi connectivity index (χ2n) is 5.63. The highest BCUT2D eigenvalue weighted by atomic mass is 32.2. The highest BCUT2D eigenvalue weighted by Crippen LogP contribution is 2.46. The minimum absolute atomic E-state index is 0.0462. The van der Waals surface area contributed by atoms with Crippen molar-refractivity contribution in [3.63, 3.8) is 0 Å². The molecule has 0 N–H and O–H groups in total. The molecule has 2 bridgehead atoms. The minimum Gasteiger partial charge on any atom is -0.294 e. The quantitative estimate of drug-likeness (QED) is 0.796. The predicted octanol–water partition coefficient (Wildman–Crippen LogP) is 3.75. The first-order valence-corrected chi connectivity index (χ1v) is 7.96. The molecule has 2 heterocycles. The third-order valence-corrected chi connectivity index (χ3v) is 5.89. The summed E-state index contributed by atoms with van der Waals surface area (Å²) in [5.41, 5.74) is 0.823. The first-order valence-electron chi connectivity index (χ1n) is 7.02. The van der Waals surface area contributed by atoms with Crippen LogP contribution in [-0.2, 0) is 6.42 Å². The fraction of sp³-hybridized carbons (Fsp3) is 0.500. The molecule has 104 valence electrons. The molecular weight excluding hydrogens is 273 g/mol. The van der Waals surface area contributed by atoms with Crippen LogP contribution in [0.4, 0.5) is 4.39 Å². The van der Waals surface area contributed by atoms with Gasteiger partial charge in [0, 0.05) is 27.5 Å². The number of Topliss-reactive ketones (excluding diaryl/α,β-unsaturated/α-hetero) is 1. The van der Waals surface area contributed by atoms with Gasteiger partial charge in [-0.2, -0.15) is 17.0 Å². The fourth-order valence-electron chi connectivity index (χ4n) is 3.24. The van der Waals surface area contributed by atoms with Gasteiger partial charge in [0.25, 0.3) is 0 Å². The molecular formula is C16H16FNOS. The number of benzene rings is 1. The van der Waals surface area contributed by atoms with E-state index in [0.717, 1.165) is 12.8 Å². The van der Waals surface area contributed by atoms with Gasteiger partial charge in [-0.3, -0.25) is 4.79 Å². The van der Waals surface area contributed by atoms with E-state index in [0.29, 0.717) is 21.6 Å². The Bertz CT molecular complexity index is 568. The number of hydrogen-bond donors (Lipinski definition) is 0. The Balaban J connectivity index is 1.77. The van der Waals surface area contributed by atoms with Gasteiger partial charge < -0.3 is 0 Å². The number of nitrogens with zero attached hydrogens (tertiary/aromatic N) is 1. The van der Waals surface area contributed by atoms with Gasteiger partial charge in [0.05, 0.1) is 12.5 Å². The number of hydrogen-bond acceptors (Lipinski definition) is 3. The molecule has 20 heavy (non-hydrogen) atoms. The van der Waals surface area contributed by atoms with Crippen LogP contribution in [0.25, 0.3) is 0 Å². The van der Waals surface area contributed by atoms with Crippen LogP contribution in [0.1, 0.15) is 41.6 Å². The van der Waals surface area contributed by atoms with Gasteiger partial charge in [0.1, 0.15) is 5.82 Å². The Morgan fingerprint density at radius 3 is 2.65 bits per heavy atom. The van der Waals surface area contributed by atoms with Gasteiger partial charge in [-0.25, -0.2) is 4.39 Å². The summed E-state index contributed by atoms with van der Waals surface area (Å²) in [5, 5.41) is 9.84. The van der Waals surface area contributed by atoms with Crippen LogP contribution in [0.3, 0.4) is 0 Å². The molecule has 0 radical (unpaired) electrons. The van der Waals surface area contributed by atoms with Crippen molar-refractivity contribution < 1.29 is 9.18 Å². The van der Waals surface area contributed by atoms with Crippen molar-refractivity contribution in [3.8, 4) is 6.07 Å². The molecule has 2 fully saturated rings. The van der Waals surface area contributed by atoms with Crippen molar-refractivity contribution in [2.75, 3.05) is 0 Å². The molecule has 2 unspecified atom stereocenters. The first-order chi connectivity index (χ1) is 9.67. The van der Waals surface area contributed by atoms with E-state index in [4.69, 9.17) is 5.26 Å². The smallest absolute Gasteiger partial charge is 0.166 e. The monoisotopic (exact) mass is 289 g/mol. The number of ketones is 1. The highest BCUT2D eigenvalue weighted by Gasteiger charge is 2.37. The molecule has 1 aromatic carbocycles. The maximum absolute atomic E-state index is 13.8. The van der Waals surface area contributed by atoms with E-state index >= 15 is 0 Å². The highest BCUT2D eigenvalue weighted by molar-refractivity contribution is 8.00. The van der Waals surface area contributed by atoms with Crippen LogP contribution < -0.4 is 0 Å². The van der Waals surface area contributed by atoms with Crippen molar-refractivity contribution in [2.45, 2.75) is 42.6 Å². The predicted molar refractivity (Wildman–Crippen MR) is 77.2 cm³/mol. The molecule has 1 aromatic rings. The van der Waals surface area contributed by atoms with Crippen LogP contribution >= 0.6 is 11.8 Å². The number of carbonyl (C=O) groups excluding carboxylic acids is 1. The Morgan fingerprint density at radius 2 is 2.05 bits per heavy atom.